The van der Waals surface area contributed by atoms with E-state index in [4.69, 9.17) is 15.1 Å². The van der Waals surface area contributed by atoms with Gasteiger partial charge in [0.15, 0.2) is 0 Å². The van der Waals surface area contributed by atoms with Crippen molar-refractivity contribution in [1.29, 1.82) is 5.26 Å². The van der Waals surface area contributed by atoms with Gasteiger partial charge in [0, 0.05) is 18.7 Å². The highest BCUT2D eigenvalue weighted by Crippen LogP contribution is 2.26. The lowest BCUT2D eigenvalue weighted by Crippen LogP contribution is -2.34. The molecule has 5 heteroatoms. The molecule has 2 rings (SSSR count). The molecule has 0 spiro atoms. The first-order valence-corrected chi connectivity index (χ1v) is 8.27. The minimum Gasteiger partial charge on any atom is -0.457 e. The van der Waals surface area contributed by atoms with E-state index in [1.807, 2.05) is 13.8 Å². The maximum Gasteiger partial charge on any atom is 0.253 e. The van der Waals surface area contributed by atoms with E-state index < -0.39 is 0 Å². The highest BCUT2D eigenvalue weighted by atomic mass is 16.5. The Labute approximate surface area is 148 Å². The molecule has 25 heavy (non-hydrogen) atoms. The molecular weight excluding hydrogens is 316 g/mol. The summed E-state index contributed by atoms with van der Waals surface area (Å²) >= 11 is 0. The molecule has 0 atom stereocenters. The number of ether oxygens (including phenoxy) is 1. The highest BCUT2D eigenvalue weighted by Gasteiger charge is 2.14. The van der Waals surface area contributed by atoms with Crippen molar-refractivity contribution in [2.24, 2.45) is 0 Å². The maximum absolute atomic E-state index is 12.5. The van der Waals surface area contributed by atoms with E-state index in [0.29, 0.717) is 35.7 Å². The van der Waals surface area contributed by atoms with E-state index in [1.54, 1.807) is 47.4 Å². The normalized spacial score (nSPS) is 10.2. The van der Waals surface area contributed by atoms with Gasteiger partial charge < -0.3 is 14.7 Å². The van der Waals surface area contributed by atoms with Crippen molar-refractivity contribution < 1.29 is 14.6 Å². The van der Waals surface area contributed by atoms with Gasteiger partial charge in [-0.2, -0.15) is 5.26 Å². The SMILES string of the molecule is CCCN(CCO)C(=O)c1ccc(Oc2ccc(C#N)cc2C)cc1. The third-order valence-electron chi connectivity index (χ3n) is 3.78. The molecule has 0 saturated heterocycles. The van der Waals surface area contributed by atoms with E-state index in [2.05, 4.69) is 6.07 Å². The zero-order chi connectivity index (χ0) is 18.2. The topological polar surface area (TPSA) is 73.6 Å². The maximum atomic E-state index is 12.5. The number of hydrogen-bond donors (Lipinski definition) is 1. The fourth-order valence-corrected chi connectivity index (χ4v) is 2.51. The molecule has 0 bridgehead atoms. The number of carbonyl (C=O) groups excluding carboxylic acids is 1. The first-order valence-electron chi connectivity index (χ1n) is 8.27. The fraction of sp³-hybridized carbons (Fsp3) is 0.300. The average Bonchev–Trinajstić information content (AvgIpc) is 2.63. The molecule has 0 aliphatic rings. The van der Waals surface area contributed by atoms with Gasteiger partial charge in [0.25, 0.3) is 5.91 Å². The lowest BCUT2D eigenvalue weighted by molar-refractivity contribution is 0.0722. The average molecular weight is 338 g/mol. The Balaban J connectivity index is 2.11. The van der Waals surface area contributed by atoms with Gasteiger partial charge in [-0.1, -0.05) is 6.92 Å². The molecule has 0 aliphatic heterocycles. The molecule has 0 aromatic heterocycles. The largest absolute Gasteiger partial charge is 0.457 e. The highest BCUT2D eigenvalue weighted by molar-refractivity contribution is 5.94. The first kappa shape index (κ1) is 18.5. The van der Waals surface area contributed by atoms with Crippen molar-refractivity contribution in [3.63, 3.8) is 0 Å². The molecule has 0 aliphatic carbocycles. The molecule has 0 saturated carbocycles. The van der Waals surface area contributed by atoms with Crippen molar-refractivity contribution in [3.05, 3.63) is 59.2 Å². The summed E-state index contributed by atoms with van der Waals surface area (Å²) in [7, 11) is 0. The molecule has 0 radical (unpaired) electrons. The lowest BCUT2D eigenvalue weighted by atomic mass is 10.1. The smallest absolute Gasteiger partial charge is 0.253 e. The molecule has 0 fully saturated rings. The summed E-state index contributed by atoms with van der Waals surface area (Å²) < 4.78 is 5.82. The number of rotatable bonds is 7. The molecule has 2 aromatic rings. The summed E-state index contributed by atoms with van der Waals surface area (Å²) in [4.78, 5) is 14.1. The summed E-state index contributed by atoms with van der Waals surface area (Å²) in [5, 5.41) is 18.0. The number of carbonyl (C=O) groups is 1. The van der Waals surface area contributed by atoms with E-state index in [0.717, 1.165) is 12.0 Å². The number of hydrogen-bond acceptors (Lipinski definition) is 4. The minimum atomic E-state index is -0.1000. The molecule has 0 heterocycles. The Morgan fingerprint density at radius 1 is 1.20 bits per heavy atom. The second-order valence-corrected chi connectivity index (χ2v) is 5.73. The summed E-state index contributed by atoms with van der Waals surface area (Å²) in [6.45, 7) is 4.77. The molecule has 0 unspecified atom stereocenters. The molecule has 1 N–H and O–H groups in total. The Bertz CT molecular complexity index is 758. The van der Waals surface area contributed by atoms with E-state index in [9.17, 15) is 4.79 Å². The van der Waals surface area contributed by atoms with Crippen LogP contribution in [0.5, 0.6) is 11.5 Å². The van der Waals surface area contributed by atoms with Crippen LogP contribution < -0.4 is 4.74 Å². The standard InChI is InChI=1S/C20H22N2O3/c1-3-10-22(11-12-23)20(24)17-5-7-18(8-6-17)25-19-9-4-16(14-21)13-15(19)2/h4-9,13,23H,3,10-12H2,1-2H3. The second kappa shape index (κ2) is 8.86. The van der Waals surface area contributed by atoms with Crippen molar-refractivity contribution in [1.82, 2.24) is 4.90 Å². The first-order chi connectivity index (χ1) is 12.1. The number of aliphatic hydroxyl groups excluding tert-OH is 1. The number of nitrogens with zero attached hydrogens (tertiary/aromatic N) is 2. The molecule has 130 valence electrons. The van der Waals surface area contributed by atoms with E-state index in [1.165, 1.54) is 0 Å². The Morgan fingerprint density at radius 2 is 1.92 bits per heavy atom. The van der Waals surface area contributed by atoms with Gasteiger partial charge in [0.1, 0.15) is 11.5 Å². The van der Waals surface area contributed by atoms with E-state index >= 15 is 0 Å². The molecule has 5 nitrogen and oxygen atoms in total. The number of aryl methyl sites for hydroxylation is 1. The predicted octanol–water partition coefficient (Wildman–Crippen LogP) is 3.50. The third kappa shape index (κ3) is 4.82. The van der Waals surface area contributed by atoms with Crippen molar-refractivity contribution >= 4 is 5.91 Å². The fourth-order valence-electron chi connectivity index (χ4n) is 2.51. The van der Waals surface area contributed by atoms with Crippen LogP contribution >= 0.6 is 0 Å². The van der Waals surface area contributed by atoms with E-state index in [-0.39, 0.29) is 12.5 Å². The van der Waals surface area contributed by atoms with Crippen LogP contribution in [0.4, 0.5) is 0 Å². The van der Waals surface area contributed by atoms with Gasteiger partial charge in [-0.3, -0.25) is 4.79 Å². The minimum absolute atomic E-state index is 0.0507. The van der Waals surface area contributed by atoms with Crippen LogP contribution in [0.15, 0.2) is 42.5 Å². The van der Waals surface area contributed by atoms with Crippen LogP contribution in [0.3, 0.4) is 0 Å². The van der Waals surface area contributed by atoms with Gasteiger partial charge in [0.2, 0.25) is 0 Å². The van der Waals surface area contributed by atoms with Gasteiger partial charge >= 0.3 is 0 Å². The number of amides is 1. The van der Waals surface area contributed by atoms with Crippen LogP contribution in [0.2, 0.25) is 0 Å². The zero-order valence-electron chi connectivity index (χ0n) is 14.5. The number of nitriles is 1. The van der Waals surface area contributed by atoms with Crippen LogP contribution in [0.1, 0.15) is 34.8 Å². The molecular formula is C20H22N2O3. The lowest BCUT2D eigenvalue weighted by Gasteiger charge is -2.21. The Hall–Kier alpha value is -2.84. The van der Waals surface area contributed by atoms with Gasteiger partial charge in [0.05, 0.1) is 18.2 Å². The second-order valence-electron chi connectivity index (χ2n) is 5.73. The van der Waals surface area contributed by atoms with Crippen LogP contribution in [-0.4, -0.2) is 35.6 Å². The Morgan fingerprint density at radius 3 is 2.48 bits per heavy atom. The third-order valence-corrected chi connectivity index (χ3v) is 3.78. The van der Waals surface area contributed by atoms with Crippen molar-refractivity contribution in [2.75, 3.05) is 19.7 Å². The van der Waals surface area contributed by atoms with Crippen molar-refractivity contribution in [3.8, 4) is 17.6 Å². The van der Waals surface area contributed by atoms with Crippen LogP contribution in [-0.2, 0) is 0 Å². The van der Waals surface area contributed by atoms with Gasteiger partial charge in [-0.25, -0.2) is 0 Å². The number of aliphatic hydroxyl groups is 1. The summed E-state index contributed by atoms with van der Waals surface area (Å²) in [5.41, 5.74) is 2.02. The molecule has 2 aromatic carbocycles. The van der Waals surface area contributed by atoms with Crippen molar-refractivity contribution in [2.45, 2.75) is 20.3 Å². The predicted molar refractivity (Wildman–Crippen MR) is 95.7 cm³/mol. The Kier molecular flexibility index (Phi) is 6.55. The summed E-state index contributed by atoms with van der Waals surface area (Å²) in [5.74, 6) is 1.19. The van der Waals surface area contributed by atoms with Crippen LogP contribution in [0.25, 0.3) is 0 Å². The van der Waals surface area contributed by atoms with Gasteiger partial charge in [-0.15, -0.1) is 0 Å². The molecule has 1 amide bonds. The summed E-state index contributed by atoms with van der Waals surface area (Å²) in [6, 6.07) is 14.3. The van der Waals surface area contributed by atoms with Gasteiger partial charge in [-0.05, 0) is 61.4 Å². The summed E-state index contributed by atoms with van der Waals surface area (Å²) in [6.07, 6.45) is 0.838. The zero-order valence-corrected chi connectivity index (χ0v) is 14.5. The monoisotopic (exact) mass is 338 g/mol. The number of benzene rings is 2. The van der Waals surface area contributed by atoms with Crippen LogP contribution in [0, 0.1) is 18.3 Å². The quantitative estimate of drug-likeness (QED) is 0.838.